The van der Waals surface area contributed by atoms with Gasteiger partial charge in [-0.3, -0.25) is 4.68 Å². The summed E-state index contributed by atoms with van der Waals surface area (Å²) in [5, 5.41) is 7.97. The second kappa shape index (κ2) is 8.70. The Labute approximate surface area is 132 Å². The highest BCUT2D eigenvalue weighted by Crippen LogP contribution is 2.11. The van der Waals surface area contributed by atoms with E-state index in [1.165, 1.54) is 11.1 Å². The summed E-state index contributed by atoms with van der Waals surface area (Å²) < 4.78 is 7.18. The van der Waals surface area contributed by atoms with Gasteiger partial charge in [0.25, 0.3) is 0 Å². The van der Waals surface area contributed by atoms with Crippen molar-refractivity contribution in [1.29, 1.82) is 0 Å². The molecule has 0 aliphatic carbocycles. The summed E-state index contributed by atoms with van der Waals surface area (Å²) in [5.41, 5.74) is 3.64. The Morgan fingerprint density at radius 3 is 2.52 bits per heavy atom. The van der Waals surface area contributed by atoms with E-state index in [1.807, 2.05) is 16.8 Å². The fourth-order valence-electron chi connectivity index (χ4n) is 2.16. The van der Waals surface area contributed by atoms with Gasteiger partial charge in [0.1, 0.15) is 5.75 Å². The summed E-state index contributed by atoms with van der Waals surface area (Å²) in [4.78, 5) is 0. The van der Waals surface area contributed by atoms with Crippen LogP contribution in [0.15, 0.2) is 30.5 Å². The van der Waals surface area contributed by atoms with E-state index in [4.69, 9.17) is 4.74 Å². The maximum Gasteiger partial charge on any atom is 0.118 e. The Hall–Kier alpha value is -1.52. The number of hydrogen-bond donors (Lipinski definition) is 1. The van der Waals surface area contributed by atoms with Crippen LogP contribution >= 0.6 is 12.4 Å². The number of benzene rings is 1. The largest absolute Gasteiger partial charge is 0.497 e. The van der Waals surface area contributed by atoms with Crippen LogP contribution in [-0.4, -0.2) is 16.9 Å². The number of rotatable bonds is 7. The molecular weight excluding hydrogens is 286 g/mol. The third-order valence-electron chi connectivity index (χ3n) is 3.30. The van der Waals surface area contributed by atoms with Crippen LogP contribution in [-0.2, 0) is 19.6 Å². The van der Waals surface area contributed by atoms with Crippen LogP contribution in [0.4, 0.5) is 0 Å². The molecule has 1 heterocycles. The van der Waals surface area contributed by atoms with Crippen molar-refractivity contribution < 1.29 is 4.74 Å². The van der Waals surface area contributed by atoms with Crippen molar-refractivity contribution in [2.45, 2.75) is 39.9 Å². The molecule has 0 saturated heterocycles. The molecule has 1 aromatic heterocycles. The van der Waals surface area contributed by atoms with Gasteiger partial charge in [-0.1, -0.05) is 19.1 Å². The fourth-order valence-corrected chi connectivity index (χ4v) is 2.16. The summed E-state index contributed by atoms with van der Waals surface area (Å²) in [7, 11) is 1.68. The van der Waals surface area contributed by atoms with E-state index in [0.29, 0.717) is 0 Å². The average molecular weight is 310 g/mol. The summed E-state index contributed by atoms with van der Waals surface area (Å²) >= 11 is 0. The van der Waals surface area contributed by atoms with Gasteiger partial charge in [-0.2, -0.15) is 5.10 Å². The Kier molecular flexibility index (Phi) is 7.26. The maximum atomic E-state index is 5.15. The molecule has 21 heavy (non-hydrogen) atoms. The molecule has 0 radical (unpaired) electrons. The molecule has 0 unspecified atom stereocenters. The number of hydrogen-bond acceptors (Lipinski definition) is 3. The number of ether oxygens (including phenoxy) is 1. The smallest absolute Gasteiger partial charge is 0.118 e. The van der Waals surface area contributed by atoms with E-state index >= 15 is 0 Å². The summed E-state index contributed by atoms with van der Waals surface area (Å²) in [6, 6.07) is 8.14. The SMILES string of the molecule is CCCn1cc(CNCc2ccc(OC)cc2)c(C)n1.Cl. The summed E-state index contributed by atoms with van der Waals surface area (Å²) in [5.74, 6) is 0.894. The molecule has 0 amide bonds. The lowest BCUT2D eigenvalue weighted by Crippen LogP contribution is -2.12. The Balaban J connectivity index is 0.00000220. The quantitative estimate of drug-likeness (QED) is 0.853. The molecule has 0 atom stereocenters. The van der Waals surface area contributed by atoms with Crippen molar-refractivity contribution in [3.05, 3.63) is 47.3 Å². The Morgan fingerprint density at radius 2 is 1.90 bits per heavy atom. The van der Waals surface area contributed by atoms with Crippen molar-refractivity contribution in [1.82, 2.24) is 15.1 Å². The van der Waals surface area contributed by atoms with Crippen molar-refractivity contribution in [3.8, 4) is 5.75 Å². The van der Waals surface area contributed by atoms with Crippen molar-refractivity contribution in [2.24, 2.45) is 0 Å². The van der Waals surface area contributed by atoms with E-state index < -0.39 is 0 Å². The molecule has 2 rings (SSSR count). The van der Waals surface area contributed by atoms with Crippen LogP contribution in [0.5, 0.6) is 5.75 Å². The highest BCUT2D eigenvalue weighted by molar-refractivity contribution is 5.85. The minimum Gasteiger partial charge on any atom is -0.497 e. The molecule has 2 aromatic rings. The topological polar surface area (TPSA) is 39.1 Å². The molecule has 4 nitrogen and oxygen atoms in total. The summed E-state index contributed by atoms with van der Waals surface area (Å²) in [6.07, 6.45) is 3.25. The lowest BCUT2D eigenvalue weighted by atomic mass is 10.2. The number of aryl methyl sites for hydroxylation is 2. The monoisotopic (exact) mass is 309 g/mol. The van der Waals surface area contributed by atoms with Gasteiger partial charge in [-0.05, 0) is 31.0 Å². The van der Waals surface area contributed by atoms with E-state index in [0.717, 1.165) is 37.5 Å². The Bertz CT molecular complexity index is 537. The van der Waals surface area contributed by atoms with Gasteiger partial charge in [0.15, 0.2) is 0 Å². The standard InChI is InChI=1S/C16H23N3O.ClH/c1-4-9-19-12-15(13(2)18-19)11-17-10-14-5-7-16(20-3)8-6-14;/h5-8,12,17H,4,9-11H2,1-3H3;1H. The molecule has 0 spiro atoms. The lowest BCUT2D eigenvalue weighted by Gasteiger charge is -2.05. The average Bonchev–Trinajstić information content (AvgIpc) is 2.80. The molecule has 0 aliphatic rings. The van der Waals surface area contributed by atoms with Crippen LogP contribution in [0, 0.1) is 6.92 Å². The van der Waals surface area contributed by atoms with E-state index in [-0.39, 0.29) is 12.4 Å². The van der Waals surface area contributed by atoms with Gasteiger partial charge >= 0.3 is 0 Å². The first-order valence-corrected chi connectivity index (χ1v) is 7.09. The fraction of sp³-hybridized carbons (Fsp3) is 0.438. The number of methoxy groups -OCH3 is 1. The molecule has 0 aliphatic heterocycles. The van der Waals surface area contributed by atoms with Crippen LogP contribution in [0.1, 0.15) is 30.2 Å². The van der Waals surface area contributed by atoms with Gasteiger partial charge < -0.3 is 10.1 Å². The van der Waals surface area contributed by atoms with E-state index in [2.05, 4.69) is 42.6 Å². The number of nitrogens with zero attached hydrogens (tertiary/aromatic N) is 2. The van der Waals surface area contributed by atoms with Crippen molar-refractivity contribution >= 4 is 12.4 Å². The third-order valence-corrected chi connectivity index (χ3v) is 3.30. The molecule has 116 valence electrons. The van der Waals surface area contributed by atoms with Crippen LogP contribution in [0.2, 0.25) is 0 Å². The Morgan fingerprint density at radius 1 is 1.19 bits per heavy atom. The molecule has 1 N–H and O–H groups in total. The number of aromatic nitrogens is 2. The minimum atomic E-state index is 0. The van der Waals surface area contributed by atoms with Crippen LogP contribution in [0.25, 0.3) is 0 Å². The van der Waals surface area contributed by atoms with Crippen molar-refractivity contribution in [3.63, 3.8) is 0 Å². The van der Waals surface area contributed by atoms with E-state index in [9.17, 15) is 0 Å². The van der Waals surface area contributed by atoms with Gasteiger partial charge in [0.2, 0.25) is 0 Å². The zero-order valence-electron chi connectivity index (χ0n) is 12.9. The molecule has 0 saturated carbocycles. The number of nitrogens with one attached hydrogen (secondary N) is 1. The lowest BCUT2D eigenvalue weighted by molar-refractivity contribution is 0.414. The maximum absolute atomic E-state index is 5.15. The van der Waals surface area contributed by atoms with Gasteiger partial charge in [0, 0.05) is 31.4 Å². The number of halogens is 1. The third kappa shape index (κ3) is 5.06. The predicted molar refractivity (Wildman–Crippen MR) is 88.0 cm³/mol. The minimum absolute atomic E-state index is 0. The van der Waals surface area contributed by atoms with E-state index in [1.54, 1.807) is 7.11 Å². The highest BCUT2D eigenvalue weighted by atomic mass is 35.5. The van der Waals surface area contributed by atoms with Crippen LogP contribution in [0.3, 0.4) is 0 Å². The first-order chi connectivity index (χ1) is 9.72. The zero-order chi connectivity index (χ0) is 14.4. The molecule has 0 bridgehead atoms. The molecule has 5 heteroatoms. The van der Waals surface area contributed by atoms with Gasteiger partial charge in [-0.25, -0.2) is 0 Å². The zero-order valence-corrected chi connectivity index (χ0v) is 13.7. The first-order valence-electron chi connectivity index (χ1n) is 7.09. The molecule has 1 aromatic carbocycles. The molecular formula is C16H24ClN3O. The predicted octanol–water partition coefficient (Wildman–Crippen LogP) is 3.32. The first kappa shape index (κ1) is 17.5. The molecule has 0 fully saturated rings. The van der Waals surface area contributed by atoms with Crippen molar-refractivity contribution in [2.75, 3.05) is 7.11 Å². The summed E-state index contributed by atoms with van der Waals surface area (Å²) in [6.45, 7) is 6.92. The second-order valence-electron chi connectivity index (χ2n) is 4.95. The van der Waals surface area contributed by atoms with Gasteiger partial charge in [0.05, 0.1) is 12.8 Å². The highest BCUT2D eigenvalue weighted by Gasteiger charge is 2.04. The van der Waals surface area contributed by atoms with Crippen LogP contribution < -0.4 is 10.1 Å². The van der Waals surface area contributed by atoms with Gasteiger partial charge in [-0.15, -0.1) is 12.4 Å². The second-order valence-corrected chi connectivity index (χ2v) is 4.95. The normalized spacial score (nSPS) is 10.2.